The molecule has 9 heteroatoms. The van der Waals surface area contributed by atoms with Crippen LogP contribution in [-0.4, -0.2) is 39.0 Å². The van der Waals surface area contributed by atoms with Gasteiger partial charge in [0.05, 0.1) is 6.42 Å². The van der Waals surface area contributed by atoms with E-state index in [1.807, 2.05) is 6.07 Å². The van der Waals surface area contributed by atoms with Gasteiger partial charge in [-0.2, -0.15) is 4.98 Å². The summed E-state index contributed by atoms with van der Waals surface area (Å²) >= 11 is 0. The van der Waals surface area contributed by atoms with Gasteiger partial charge in [-0.05, 0) is 31.0 Å². The second-order valence-corrected chi connectivity index (χ2v) is 6.86. The lowest BCUT2D eigenvalue weighted by Crippen LogP contribution is -2.39. The first kappa shape index (κ1) is 19.1. The monoisotopic (exact) mass is 402 g/mol. The van der Waals surface area contributed by atoms with Crippen LogP contribution in [0.15, 0.2) is 41.1 Å². The van der Waals surface area contributed by atoms with E-state index in [2.05, 4.69) is 15.1 Å². The molecular weight excluding hydrogens is 385 g/mol. The maximum Gasteiger partial charge on any atom is 0.230 e. The molecule has 0 unspecified atom stereocenters. The van der Waals surface area contributed by atoms with Crippen molar-refractivity contribution in [2.24, 2.45) is 0 Å². The number of nitrogens with zero attached hydrogens (tertiary/aromatic N) is 4. The third-order valence-electron chi connectivity index (χ3n) is 4.96. The highest BCUT2D eigenvalue weighted by atomic mass is 19.2. The fourth-order valence-corrected chi connectivity index (χ4v) is 3.35. The fraction of sp³-hybridized carbons (Fsp3) is 0.300. The van der Waals surface area contributed by atoms with Gasteiger partial charge in [0.1, 0.15) is 11.5 Å². The maximum absolute atomic E-state index is 13.8. The highest BCUT2D eigenvalue weighted by molar-refractivity contribution is 5.79. The lowest BCUT2D eigenvalue weighted by Gasteiger charge is -2.30. The second kappa shape index (κ2) is 8.02. The molecule has 4 rings (SSSR count). The van der Waals surface area contributed by atoms with Crippen molar-refractivity contribution in [2.75, 3.05) is 13.1 Å². The molecule has 0 N–H and O–H groups in total. The molecule has 0 saturated carbocycles. The topological polar surface area (TPSA) is 72.1 Å². The van der Waals surface area contributed by atoms with E-state index < -0.39 is 17.5 Å². The van der Waals surface area contributed by atoms with Gasteiger partial charge in [-0.1, -0.05) is 11.2 Å². The van der Waals surface area contributed by atoms with E-state index in [1.165, 1.54) is 0 Å². The van der Waals surface area contributed by atoms with Crippen molar-refractivity contribution in [2.45, 2.75) is 25.2 Å². The predicted molar refractivity (Wildman–Crippen MR) is 96.1 cm³/mol. The van der Waals surface area contributed by atoms with Gasteiger partial charge in [0, 0.05) is 36.8 Å². The summed E-state index contributed by atoms with van der Waals surface area (Å²) < 4.78 is 45.5. The third kappa shape index (κ3) is 4.13. The Labute approximate surface area is 164 Å². The Morgan fingerprint density at radius 3 is 2.59 bits per heavy atom. The number of carbonyl (C=O) groups is 1. The second-order valence-electron chi connectivity index (χ2n) is 6.86. The summed E-state index contributed by atoms with van der Waals surface area (Å²) in [6.07, 6.45) is 2.54. The molecule has 0 atom stereocenters. The average molecular weight is 402 g/mol. The van der Waals surface area contributed by atoms with Crippen LogP contribution in [0.2, 0.25) is 0 Å². The Morgan fingerprint density at radius 2 is 1.86 bits per heavy atom. The van der Waals surface area contributed by atoms with E-state index in [0.717, 1.165) is 6.07 Å². The van der Waals surface area contributed by atoms with Gasteiger partial charge in [-0.25, -0.2) is 13.2 Å². The number of aromatic nitrogens is 3. The number of carbonyl (C=O) groups excluding carboxylic acids is 1. The van der Waals surface area contributed by atoms with Crippen LogP contribution >= 0.6 is 0 Å². The molecule has 1 aliphatic rings. The van der Waals surface area contributed by atoms with Crippen molar-refractivity contribution in [3.8, 4) is 11.5 Å². The lowest BCUT2D eigenvalue weighted by atomic mass is 9.96. The average Bonchev–Trinajstić information content (AvgIpc) is 3.23. The molecule has 1 aromatic carbocycles. The van der Waals surface area contributed by atoms with E-state index in [-0.39, 0.29) is 23.8 Å². The Bertz CT molecular complexity index is 1020. The van der Waals surface area contributed by atoms with Gasteiger partial charge in [-0.3, -0.25) is 9.78 Å². The predicted octanol–water partition coefficient (Wildman–Crippen LogP) is 3.50. The summed E-state index contributed by atoms with van der Waals surface area (Å²) in [5.74, 6) is -2.81. The van der Waals surface area contributed by atoms with Gasteiger partial charge in [0.25, 0.3) is 0 Å². The smallest absolute Gasteiger partial charge is 0.230 e. The van der Waals surface area contributed by atoms with Gasteiger partial charge < -0.3 is 9.42 Å². The van der Waals surface area contributed by atoms with E-state index in [1.54, 1.807) is 23.2 Å². The number of amides is 1. The molecule has 6 nitrogen and oxygen atoms in total. The number of hydrogen-bond acceptors (Lipinski definition) is 5. The minimum absolute atomic E-state index is 0.00372. The summed E-state index contributed by atoms with van der Waals surface area (Å²) in [4.78, 5) is 22.6. The van der Waals surface area contributed by atoms with Crippen molar-refractivity contribution in [1.82, 2.24) is 20.0 Å². The molecule has 0 aliphatic carbocycles. The van der Waals surface area contributed by atoms with Crippen LogP contribution in [0.5, 0.6) is 0 Å². The number of pyridine rings is 1. The molecule has 3 heterocycles. The standard InChI is InChI=1S/C20H17F3N4O2/c21-14-11-16(23)15(22)9-13(14)10-18(28)27-7-4-12(5-8-27)20-25-19(26-29-20)17-3-1-2-6-24-17/h1-3,6,9,11-12H,4-5,7-8,10H2. The SMILES string of the molecule is O=C(Cc1cc(F)c(F)cc1F)N1CCC(c2nc(-c3ccccn3)no2)CC1. The Kier molecular flexibility index (Phi) is 5.28. The number of piperidine rings is 1. The van der Waals surface area contributed by atoms with E-state index in [9.17, 15) is 18.0 Å². The molecule has 1 saturated heterocycles. The number of halogens is 3. The van der Waals surface area contributed by atoms with Crippen LogP contribution in [0, 0.1) is 17.5 Å². The Morgan fingerprint density at radius 1 is 1.10 bits per heavy atom. The number of hydrogen-bond donors (Lipinski definition) is 0. The van der Waals surface area contributed by atoms with Crippen LogP contribution in [0.25, 0.3) is 11.5 Å². The van der Waals surface area contributed by atoms with Crippen LogP contribution in [0.1, 0.15) is 30.2 Å². The highest BCUT2D eigenvalue weighted by Crippen LogP contribution is 2.28. The summed E-state index contributed by atoms with van der Waals surface area (Å²) in [5.41, 5.74) is 0.455. The summed E-state index contributed by atoms with van der Waals surface area (Å²) in [7, 11) is 0. The van der Waals surface area contributed by atoms with E-state index >= 15 is 0 Å². The Hall–Kier alpha value is -3.23. The van der Waals surface area contributed by atoms with Crippen LogP contribution in [-0.2, 0) is 11.2 Å². The molecule has 1 fully saturated rings. The summed E-state index contributed by atoms with van der Waals surface area (Å²) in [6.45, 7) is 0.853. The molecule has 29 heavy (non-hydrogen) atoms. The molecule has 150 valence electrons. The molecule has 1 amide bonds. The zero-order chi connectivity index (χ0) is 20.4. The highest BCUT2D eigenvalue weighted by Gasteiger charge is 2.28. The van der Waals surface area contributed by atoms with E-state index in [4.69, 9.17) is 4.52 Å². The van der Waals surface area contributed by atoms with Gasteiger partial charge in [0.15, 0.2) is 11.6 Å². The maximum atomic E-state index is 13.8. The minimum Gasteiger partial charge on any atom is -0.342 e. The van der Waals surface area contributed by atoms with Crippen molar-refractivity contribution in [1.29, 1.82) is 0 Å². The van der Waals surface area contributed by atoms with Crippen LogP contribution in [0.4, 0.5) is 13.2 Å². The largest absolute Gasteiger partial charge is 0.342 e. The van der Waals surface area contributed by atoms with Crippen molar-refractivity contribution >= 4 is 5.91 Å². The van der Waals surface area contributed by atoms with Crippen molar-refractivity contribution in [3.63, 3.8) is 0 Å². The molecule has 0 spiro atoms. The Balaban J connectivity index is 1.37. The minimum atomic E-state index is -1.27. The molecule has 0 radical (unpaired) electrons. The first-order valence-corrected chi connectivity index (χ1v) is 9.17. The number of likely N-dealkylation sites (tertiary alicyclic amines) is 1. The number of rotatable bonds is 4. The number of benzene rings is 1. The van der Waals surface area contributed by atoms with Crippen molar-refractivity contribution < 1.29 is 22.5 Å². The molecule has 2 aromatic heterocycles. The molecular formula is C20H17F3N4O2. The van der Waals surface area contributed by atoms with Gasteiger partial charge in [-0.15, -0.1) is 0 Å². The molecule has 0 bridgehead atoms. The summed E-state index contributed by atoms with van der Waals surface area (Å²) in [5, 5.41) is 3.96. The molecule has 1 aliphatic heterocycles. The summed E-state index contributed by atoms with van der Waals surface area (Å²) in [6, 6.07) is 6.60. The first-order valence-electron chi connectivity index (χ1n) is 9.17. The third-order valence-corrected chi connectivity index (χ3v) is 4.96. The van der Waals surface area contributed by atoms with E-state index in [0.29, 0.717) is 49.4 Å². The van der Waals surface area contributed by atoms with Crippen LogP contribution in [0.3, 0.4) is 0 Å². The lowest BCUT2D eigenvalue weighted by molar-refractivity contribution is -0.131. The molecule has 3 aromatic rings. The quantitative estimate of drug-likeness (QED) is 0.625. The zero-order valence-electron chi connectivity index (χ0n) is 15.3. The fourth-order valence-electron chi connectivity index (χ4n) is 3.35. The van der Waals surface area contributed by atoms with Crippen LogP contribution < -0.4 is 0 Å². The normalized spacial score (nSPS) is 14.9. The van der Waals surface area contributed by atoms with Gasteiger partial charge in [0.2, 0.25) is 17.6 Å². The first-order chi connectivity index (χ1) is 14.0. The van der Waals surface area contributed by atoms with Gasteiger partial charge >= 0.3 is 0 Å². The van der Waals surface area contributed by atoms with Crippen molar-refractivity contribution in [3.05, 3.63) is 65.4 Å². The zero-order valence-corrected chi connectivity index (χ0v) is 15.3.